The van der Waals surface area contributed by atoms with Gasteiger partial charge in [-0.2, -0.15) is 0 Å². The monoisotopic (exact) mass is 461 g/mol. The topological polar surface area (TPSA) is 69.3 Å². The van der Waals surface area contributed by atoms with Crippen LogP contribution in [0.4, 0.5) is 0 Å². The molecular weight excluding hydrogens is 430 g/mol. The van der Waals surface area contributed by atoms with E-state index in [0.29, 0.717) is 0 Å². The van der Waals surface area contributed by atoms with Crippen LogP contribution < -0.4 is 0 Å². The molecule has 0 saturated heterocycles. The van der Waals surface area contributed by atoms with Crippen molar-refractivity contribution in [3.8, 4) is 0 Å². The van der Waals surface area contributed by atoms with Crippen LogP contribution in [0.15, 0.2) is 46.6 Å². The quantitative estimate of drug-likeness (QED) is 0.249. The third-order valence-electron chi connectivity index (χ3n) is 4.67. The molecule has 2 aromatic heterocycles. The number of aromatic amines is 1. The van der Waals surface area contributed by atoms with Crippen LogP contribution >= 0.6 is 23.5 Å². The van der Waals surface area contributed by atoms with Gasteiger partial charge >= 0.3 is 0 Å². The molecule has 1 aromatic carbocycles. The summed E-state index contributed by atoms with van der Waals surface area (Å²) in [6.07, 6.45) is 3.76. The van der Waals surface area contributed by atoms with Gasteiger partial charge in [0.1, 0.15) is 0 Å². The van der Waals surface area contributed by atoms with E-state index in [1.807, 2.05) is 42.2 Å². The summed E-state index contributed by atoms with van der Waals surface area (Å²) in [6.45, 7) is 5.86. The summed E-state index contributed by atoms with van der Waals surface area (Å²) in [5.74, 6) is 1.72. The van der Waals surface area contributed by atoms with Gasteiger partial charge in [0.25, 0.3) is 0 Å². The summed E-state index contributed by atoms with van der Waals surface area (Å²) in [6, 6.07) is 10.2. The van der Waals surface area contributed by atoms with Gasteiger partial charge in [0.2, 0.25) is 0 Å². The molecule has 0 saturated carbocycles. The fourth-order valence-corrected chi connectivity index (χ4v) is 4.80. The number of methoxy groups -OCH3 is 1. The zero-order valence-corrected chi connectivity index (χ0v) is 19.9. The van der Waals surface area contributed by atoms with Gasteiger partial charge in [0.05, 0.1) is 23.3 Å². The summed E-state index contributed by atoms with van der Waals surface area (Å²) in [7, 11) is 1.71. The lowest BCUT2D eigenvalue weighted by molar-refractivity contribution is 0.0758. The number of imidazole rings is 1. The lowest BCUT2D eigenvalue weighted by Crippen LogP contribution is -2.05. The van der Waals surface area contributed by atoms with E-state index in [-0.39, 0.29) is 0 Å². The van der Waals surface area contributed by atoms with Gasteiger partial charge in [-0.15, -0.1) is 11.8 Å². The molecular formula is C23H31N3O3S2. The highest BCUT2D eigenvalue weighted by atomic mass is 32.2. The summed E-state index contributed by atoms with van der Waals surface area (Å²) >= 11 is 3.51. The second kappa shape index (κ2) is 13.8. The van der Waals surface area contributed by atoms with E-state index in [2.05, 4.69) is 27.9 Å². The molecule has 3 aromatic rings. The summed E-state index contributed by atoms with van der Waals surface area (Å²) in [4.78, 5) is 13.8. The largest absolute Gasteiger partial charge is 0.385 e. The number of ether oxygens (including phenoxy) is 3. The smallest absolute Gasteiger partial charge is 0.166 e. The van der Waals surface area contributed by atoms with E-state index in [0.717, 1.165) is 79.3 Å². The Morgan fingerprint density at radius 2 is 1.71 bits per heavy atom. The Bertz CT molecular complexity index is 887. The van der Waals surface area contributed by atoms with Crippen LogP contribution in [0.1, 0.15) is 24.1 Å². The molecule has 0 fully saturated rings. The number of thioether (sulfide) groups is 2. The van der Waals surface area contributed by atoms with Gasteiger partial charge in [-0.25, -0.2) is 4.98 Å². The third kappa shape index (κ3) is 8.12. The maximum Gasteiger partial charge on any atom is 0.166 e. The average molecular weight is 462 g/mol. The molecule has 31 heavy (non-hydrogen) atoms. The van der Waals surface area contributed by atoms with E-state index in [1.54, 1.807) is 18.9 Å². The lowest BCUT2D eigenvalue weighted by atomic mass is 10.2. The highest BCUT2D eigenvalue weighted by molar-refractivity contribution is 7.99. The molecule has 0 radical (unpaired) electrons. The number of hydrogen-bond acceptors (Lipinski definition) is 7. The third-order valence-corrected chi connectivity index (χ3v) is 6.68. The normalized spacial score (nSPS) is 11.4. The standard InChI is InChI=1S/C23H31N3O3S2/c1-18-21(17-31-23-25-19-7-3-4-8-20(19)26-23)24-10-9-22(18)30-16-15-29-14-6-13-28-12-5-11-27-2/h3-4,7-10H,5-6,11-17H2,1-2H3,(H,25,26). The maximum atomic E-state index is 5.73. The highest BCUT2D eigenvalue weighted by Gasteiger charge is 2.09. The van der Waals surface area contributed by atoms with Gasteiger partial charge in [0, 0.05) is 56.1 Å². The molecule has 1 N–H and O–H groups in total. The van der Waals surface area contributed by atoms with Crippen molar-refractivity contribution in [2.24, 2.45) is 0 Å². The number of hydrogen-bond donors (Lipinski definition) is 1. The van der Waals surface area contributed by atoms with Gasteiger partial charge < -0.3 is 19.2 Å². The molecule has 2 heterocycles. The summed E-state index contributed by atoms with van der Waals surface area (Å²) < 4.78 is 16.3. The van der Waals surface area contributed by atoms with Crippen LogP contribution in [0.2, 0.25) is 0 Å². The van der Waals surface area contributed by atoms with Crippen LogP contribution in [-0.4, -0.2) is 60.8 Å². The number of benzene rings is 1. The molecule has 3 rings (SSSR count). The molecule has 0 amide bonds. The van der Waals surface area contributed by atoms with Crippen LogP contribution in [0.5, 0.6) is 0 Å². The second-order valence-electron chi connectivity index (χ2n) is 7.00. The van der Waals surface area contributed by atoms with Crippen molar-refractivity contribution in [3.63, 3.8) is 0 Å². The van der Waals surface area contributed by atoms with Crippen molar-refractivity contribution < 1.29 is 14.2 Å². The van der Waals surface area contributed by atoms with Crippen molar-refractivity contribution in [2.45, 2.75) is 35.6 Å². The number of pyridine rings is 1. The van der Waals surface area contributed by atoms with Gasteiger partial charge in [-0.05, 0) is 43.5 Å². The fourth-order valence-electron chi connectivity index (χ4n) is 2.98. The van der Waals surface area contributed by atoms with Crippen LogP contribution in [-0.2, 0) is 20.0 Å². The molecule has 0 bridgehead atoms. The van der Waals surface area contributed by atoms with Gasteiger partial charge in [0.15, 0.2) is 5.16 Å². The molecule has 0 aliphatic carbocycles. The Kier molecular flexibility index (Phi) is 10.7. The summed E-state index contributed by atoms with van der Waals surface area (Å²) in [5.41, 5.74) is 4.40. The summed E-state index contributed by atoms with van der Waals surface area (Å²) in [5, 5.41) is 0.927. The zero-order valence-electron chi connectivity index (χ0n) is 18.3. The van der Waals surface area contributed by atoms with Crippen LogP contribution in [0, 0.1) is 6.92 Å². The Morgan fingerprint density at radius 3 is 2.52 bits per heavy atom. The minimum atomic E-state index is 0.735. The lowest BCUT2D eigenvalue weighted by Gasteiger charge is -2.10. The molecule has 168 valence electrons. The van der Waals surface area contributed by atoms with E-state index in [9.17, 15) is 0 Å². The molecule has 0 unspecified atom stereocenters. The van der Waals surface area contributed by atoms with Crippen molar-refractivity contribution in [1.29, 1.82) is 0 Å². The number of fused-ring (bicyclic) bond motifs is 1. The van der Waals surface area contributed by atoms with E-state index >= 15 is 0 Å². The predicted octanol–water partition coefficient (Wildman–Crippen LogP) is 5.11. The first kappa shape index (κ1) is 24.1. The Balaban J connectivity index is 1.34. The van der Waals surface area contributed by atoms with Gasteiger partial charge in [-0.1, -0.05) is 23.9 Å². The van der Waals surface area contributed by atoms with E-state index in [1.165, 1.54) is 10.5 Å². The number of nitrogens with zero attached hydrogens (tertiary/aromatic N) is 2. The second-order valence-corrected chi connectivity index (χ2v) is 9.10. The first-order valence-corrected chi connectivity index (χ1v) is 12.5. The molecule has 6 nitrogen and oxygen atoms in total. The number of para-hydroxylation sites is 2. The first-order valence-electron chi connectivity index (χ1n) is 10.6. The number of H-pyrrole nitrogens is 1. The molecule has 0 spiro atoms. The van der Waals surface area contributed by atoms with Crippen molar-refractivity contribution in [3.05, 3.63) is 47.8 Å². The van der Waals surface area contributed by atoms with E-state index in [4.69, 9.17) is 14.2 Å². The number of aromatic nitrogens is 3. The zero-order chi connectivity index (χ0) is 21.7. The Labute approximate surface area is 192 Å². The Morgan fingerprint density at radius 1 is 0.935 bits per heavy atom. The van der Waals surface area contributed by atoms with Crippen LogP contribution in [0.3, 0.4) is 0 Å². The van der Waals surface area contributed by atoms with Crippen molar-refractivity contribution in [1.82, 2.24) is 15.0 Å². The molecule has 0 atom stereocenters. The van der Waals surface area contributed by atoms with Crippen molar-refractivity contribution >= 4 is 34.6 Å². The molecule has 0 aliphatic rings. The SMILES string of the molecule is COCCCOCCCOCCSc1ccnc(CSc2nc3ccccc3[nH]2)c1C. The average Bonchev–Trinajstić information content (AvgIpc) is 3.20. The minimum Gasteiger partial charge on any atom is -0.385 e. The first-order chi connectivity index (χ1) is 15.3. The molecule has 0 aliphatic heterocycles. The number of rotatable bonds is 15. The fraction of sp³-hybridized carbons (Fsp3) is 0.478. The van der Waals surface area contributed by atoms with Gasteiger partial charge in [-0.3, -0.25) is 4.98 Å². The predicted molar refractivity (Wildman–Crippen MR) is 128 cm³/mol. The highest BCUT2D eigenvalue weighted by Crippen LogP contribution is 2.28. The molecule has 8 heteroatoms. The maximum absolute atomic E-state index is 5.73. The Hall–Kier alpha value is -1.58. The van der Waals surface area contributed by atoms with Crippen molar-refractivity contribution in [2.75, 3.05) is 45.9 Å². The van der Waals surface area contributed by atoms with E-state index < -0.39 is 0 Å². The van der Waals surface area contributed by atoms with Crippen LogP contribution in [0.25, 0.3) is 11.0 Å². The minimum absolute atomic E-state index is 0.735. The number of nitrogens with one attached hydrogen (secondary N) is 1.